The van der Waals surface area contributed by atoms with Gasteiger partial charge in [0.05, 0.1) is 13.3 Å². The van der Waals surface area contributed by atoms with E-state index < -0.39 is 0 Å². The zero-order valence-electron chi connectivity index (χ0n) is 17.6. The third-order valence-corrected chi connectivity index (χ3v) is 4.42. The van der Waals surface area contributed by atoms with E-state index >= 15 is 0 Å². The molecule has 2 N–H and O–H groups in total. The zero-order valence-corrected chi connectivity index (χ0v) is 17.6. The Labute approximate surface area is 176 Å². The SMILES string of the molecule is COc1ccc(/C=N/NC(=O)c2cc(C(C)(C)C)[nH]n2)cc1OCc1ccccc1. The Balaban J connectivity index is 1.65. The maximum atomic E-state index is 12.2. The fourth-order valence-corrected chi connectivity index (χ4v) is 2.67. The molecule has 0 saturated carbocycles. The summed E-state index contributed by atoms with van der Waals surface area (Å²) in [6.07, 6.45) is 1.55. The molecule has 1 amide bonds. The lowest BCUT2D eigenvalue weighted by Gasteiger charge is -2.14. The summed E-state index contributed by atoms with van der Waals surface area (Å²) in [7, 11) is 1.59. The van der Waals surface area contributed by atoms with E-state index in [0.29, 0.717) is 23.8 Å². The second kappa shape index (κ2) is 9.26. The Morgan fingerprint density at radius 1 is 1.13 bits per heavy atom. The lowest BCUT2D eigenvalue weighted by Crippen LogP contribution is -2.18. The number of hydrogen-bond donors (Lipinski definition) is 2. The molecular weight excluding hydrogens is 380 g/mol. The van der Waals surface area contributed by atoms with Gasteiger partial charge in [-0.05, 0) is 35.4 Å². The highest BCUT2D eigenvalue weighted by Gasteiger charge is 2.19. The molecule has 0 radical (unpaired) electrons. The molecule has 0 aliphatic carbocycles. The number of methoxy groups -OCH3 is 1. The Morgan fingerprint density at radius 3 is 2.57 bits per heavy atom. The van der Waals surface area contributed by atoms with Gasteiger partial charge >= 0.3 is 0 Å². The van der Waals surface area contributed by atoms with E-state index in [0.717, 1.165) is 16.8 Å². The molecule has 0 fully saturated rings. The lowest BCUT2D eigenvalue weighted by molar-refractivity contribution is 0.0950. The van der Waals surface area contributed by atoms with Crippen molar-refractivity contribution >= 4 is 12.1 Å². The molecule has 3 aromatic rings. The van der Waals surface area contributed by atoms with Gasteiger partial charge < -0.3 is 9.47 Å². The van der Waals surface area contributed by atoms with Crippen LogP contribution in [0, 0.1) is 0 Å². The fourth-order valence-electron chi connectivity index (χ4n) is 2.67. The number of benzene rings is 2. The van der Waals surface area contributed by atoms with E-state index in [4.69, 9.17) is 9.47 Å². The van der Waals surface area contributed by atoms with E-state index in [2.05, 4.69) is 20.7 Å². The molecule has 1 heterocycles. The molecular formula is C23H26N4O3. The van der Waals surface area contributed by atoms with Crippen molar-refractivity contribution in [3.8, 4) is 11.5 Å². The number of H-pyrrole nitrogens is 1. The van der Waals surface area contributed by atoms with Crippen LogP contribution in [0.15, 0.2) is 59.7 Å². The molecule has 0 unspecified atom stereocenters. The summed E-state index contributed by atoms with van der Waals surface area (Å²) in [5, 5.41) is 11.0. The highest BCUT2D eigenvalue weighted by Crippen LogP contribution is 2.28. The molecule has 7 heteroatoms. The molecule has 0 atom stereocenters. The Hall–Kier alpha value is -3.61. The number of aromatic amines is 1. The smallest absolute Gasteiger partial charge is 0.291 e. The molecule has 0 saturated heterocycles. The number of nitrogens with one attached hydrogen (secondary N) is 2. The average molecular weight is 406 g/mol. The summed E-state index contributed by atoms with van der Waals surface area (Å²) in [6.45, 7) is 6.55. The first-order chi connectivity index (χ1) is 14.4. The number of carbonyl (C=O) groups excluding carboxylic acids is 1. The van der Waals surface area contributed by atoms with Gasteiger partial charge in [-0.25, -0.2) is 5.43 Å². The maximum Gasteiger partial charge on any atom is 0.291 e. The molecule has 0 bridgehead atoms. The molecule has 3 rings (SSSR count). The van der Waals surface area contributed by atoms with Crippen LogP contribution in [0.25, 0.3) is 0 Å². The predicted molar refractivity (Wildman–Crippen MR) is 116 cm³/mol. The van der Waals surface area contributed by atoms with Gasteiger partial charge in [-0.1, -0.05) is 51.1 Å². The third kappa shape index (κ3) is 5.47. The standard InChI is InChI=1S/C23H26N4O3/c1-23(2,3)21-13-18(25-26-21)22(28)27-24-14-17-10-11-19(29-4)20(12-17)30-15-16-8-6-5-7-9-16/h5-14H,15H2,1-4H3,(H,25,26)(H,27,28)/b24-14+. The van der Waals surface area contributed by atoms with E-state index in [9.17, 15) is 4.79 Å². The van der Waals surface area contributed by atoms with Crippen LogP contribution in [0.1, 0.15) is 48.1 Å². The van der Waals surface area contributed by atoms with Gasteiger partial charge in [-0.15, -0.1) is 0 Å². The largest absolute Gasteiger partial charge is 0.493 e. The molecule has 7 nitrogen and oxygen atoms in total. The van der Waals surface area contributed by atoms with Crippen LogP contribution < -0.4 is 14.9 Å². The minimum absolute atomic E-state index is 0.117. The first kappa shape index (κ1) is 21.1. The highest BCUT2D eigenvalue weighted by atomic mass is 16.5. The highest BCUT2D eigenvalue weighted by molar-refractivity contribution is 5.93. The number of ether oxygens (including phenoxy) is 2. The van der Waals surface area contributed by atoms with Crippen molar-refractivity contribution in [1.82, 2.24) is 15.6 Å². The zero-order chi connectivity index (χ0) is 21.6. The molecule has 0 aliphatic rings. The Bertz CT molecular complexity index is 1020. The van der Waals surface area contributed by atoms with E-state index in [1.54, 1.807) is 25.5 Å². The van der Waals surface area contributed by atoms with Crippen molar-refractivity contribution in [1.29, 1.82) is 0 Å². The van der Waals surface area contributed by atoms with Crippen LogP contribution >= 0.6 is 0 Å². The second-order valence-electron chi connectivity index (χ2n) is 7.80. The van der Waals surface area contributed by atoms with Crippen molar-refractivity contribution in [3.63, 3.8) is 0 Å². The molecule has 0 spiro atoms. The van der Waals surface area contributed by atoms with Gasteiger partial charge in [0.2, 0.25) is 0 Å². The summed E-state index contributed by atoms with van der Waals surface area (Å²) in [4.78, 5) is 12.2. The minimum Gasteiger partial charge on any atom is -0.493 e. The molecule has 1 aromatic heterocycles. The van der Waals surface area contributed by atoms with Crippen molar-refractivity contribution in [3.05, 3.63) is 77.1 Å². The first-order valence-electron chi connectivity index (χ1n) is 9.61. The molecule has 0 aliphatic heterocycles. The number of aromatic nitrogens is 2. The summed E-state index contributed by atoms with van der Waals surface area (Å²) in [5.41, 5.74) is 5.36. The Morgan fingerprint density at radius 2 is 1.90 bits per heavy atom. The van der Waals surface area contributed by atoms with Gasteiger partial charge in [0, 0.05) is 11.1 Å². The average Bonchev–Trinajstić information content (AvgIpc) is 3.24. The lowest BCUT2D eigenvalue weighted by atomic mass is 9.92. The number of nitrogens with zero attached hydrogens (tertiary/aromatic N) is 2. The molecule has 30 heavy (non-hydrogen) atoms. The van der Waals surface area contributed by atoms with Crippen LogP contribution in [0.2, 0.25) is 0 Å². The molecule has 156 valence electrons. The molecule has 2 aromatic carbocycles. The van der Waals surface area contributed by atoms with Gasteiger partial charge in [0.1, 0.15) is 6.61 Å². The van der Waals surface area contributed by atoms with Gasteiger partial charge in [-0.2, -0.15) is 10.2 Å². The van der Waals surface area contributed by atoms with Gasteiger partial charge in [0.15, 0.2) is 17.2 Å². The monoisotopic (exact) mass is 406 g/mol. The normalized spacial score (nSPS) is 11.5. The number of hydrazone groups is 1. The number of amides is 1. The van der Waals surface area contributed by atoms with Crippen LogP contribution in [0.5, 0.6) is 11.5 Å². The van der Waals surface area contributed by atoms with Crippen molar-refractivity contribution in [2.24, 2.45) is 5.10 Å². The third-order valence-electron chi connectivity index (χ3n) is 4.42. The van der Waals surface area contributed by atoms with Gasteiger partial charge in [-0.3, -0.25) is 9.89 Å². The predicted octanol–water partition coefficient (Wildman–Crippen LogP) is 4.06. The van der Waals surface area contributed by atoms with Crippen LogP contribution in [-0.4, -0.2) is 29.4 Å². The summed E-state index contributed by atoms with van der Waals surface area (Å²) >= 11 is 0. The van der Waals surface area contributed by atoms with Crippen molar-refractivity contribution in [2.45, 2.75) is 32.8 Å². The van der Waals surface area contributed by atoms with E-state index in [1.165, 1.54) is 0 Å². The summed E-state index contributed by atoms with van der Waals surface area (Å²) in [6, 6.07) is 17.0. The van der Waals surface area contributed by atoms with Crippen LogP contribution in [-0.2, 0) is 12.0 Å². The summed E-state index contributed by atoms with van der Waals surface area (Å²) in [5.74, 6) is 0.837. The van der Waals surface area contributed by atoms with Crippen LogP contribution in [0.4, 0.5) is 0 Å². The number of rotatable bonds is 7. The number of hydrogen-bond acceptors (Lipinski definition) is 5. The topological polar surface area (TPSA) is 88.6 Å². The second-order valence-corrected chi connectivity index (χ2v) is 7.80. The quantitative estimate of drug-likeness (QED) is 0.457. The Kier molecular flexibility index (Phi) is 6.51. The van der Waals surface area contributed by atoms with Crippen molar-refractivity contribution < 1.29 is 14.3 Å². The van der Waals surface area contributed by atoms with Crippen molar-refractivity contribution in [2.75, 3.05) is 7.11 Å². The van der Waals surface area contributed by atoms with Gasteiger partial charge in [0.25, 0.3) is 5.91 Å². The first-order valence-corrected chi connectivity index (χ1v) is 9.61. The van der Waals surface area contributed by atoms with E-state index in [1.807, 2.05) is 63.2 Å². The van der Waals surface area contributed by atoms with E-state index in [-0.39, 0.29) is 11.3 Å². The fraction of sp³-hybridized carbons (Fsp3) is 0.261. The maximum absolute atomic E-state index is 12.2. The summed E-state index contributed by atoms with van der Waals surface area (Å²) < 4.78 is 11.3. The van der Waals surface area contributed by atoms with Crippen LogP contribution in [0.3, 0.4) is 0 Å². The number of carbonyl (C=O) groups is 1. The minimum atomic E-state index is -0.382.